The number of amides is 1. The van der Waals surface area contributed by atoms with Crippen LogP contribution in [0.4, 0.5) is 5.69 Å². The van der Waals surface area contributed by atoms with E-state index in [4.69, 9.17) is 4.74 Å². The number of para-hydroxylation sites is 1. The number of anilines is 1. The Morgan fingerprint density at radius 3 is 2.36 bits per heavy atom. The average molecular weight is 334 g/mol. The maximum atomic E-state index is 12.1. The molecule has 3 rings (SSSR count). The Bertz CT molecular complexity index is 916. The topological polar surface area (TPSA) is 60.3 Å². The highest BCUT2D eigenvalue weighted by molar-refractivity contribution is 5.90. The van der Waals surface area contributed by atoms with Gasteiger partial charge in [0.2, 0.25) is 5.91 Å². The number of ether oxygens (including phenoxy) is 1. The molecule has 5 heteroatoms. The van der Waals surface area contributed by atoms with E-state index < -0.39 is 0 Å². The predicted octanol–water partition coefficient (Wildman–Crippen LogP) is 3.59. The van der Waals surface area contributed by atoms with Crippen molar-refractivity contribution >= 4 is 11.6 Å². The molecule has 1 amide bonds. The van der Waals surface area contributed by atoms with Crippen LogP contribution in [0.25, 0.3) is 0 Å². The highest BCUT2D eigenvalue weighted by Gasteiger charge is 2.05. The summed E-state index contributed by atoms with van der Waals surface area (Å²) in [5.41, 5.74) is 1.32. The Kier molecular flexibility index (Phi) is 4.95. The quantitative estimate of drug-likeness (QED) is 0.776. The second kappa shape index (κ2) is 7.49. The Hall–Kier alpha value is -3.34. The molecular weight excluding hydrogens is 316 g/mol. The molecule has 3 aromatic rings. The van der Waals surface area contributed by atoms with E-state index in [2.05, 4.69) is 5.32 Å². The first-order valence-corrected chi connectivity index (χ1v) is 7.90. The molecule has 0 saturated carbocycles. The number of aromatic nitrogens is 1. The summed E-state index contributed by atoms with van der Waals surface area (Å²) < 4.78 is 7.07. The fourth-order valence-corrected chi connectivity index (χ4v) is 2.32. The van der Waals surface area contributed by atoms with E-state index >= 15 is 0 Å². The lowest BCUT2D eigenvalue weighted by molar-refractivity contribution is -0.116. The Morgan fingerprint density at radius 1 is 1.00 bits per heavy atom. The average Bonchev–Trinajstić information content (AvgIpc) is 2.60. The number of hydrogen-bond donors (Lipinski definition) is 1. The molecule has 0 saturated heterocycles. The first kappa shape index (κ1) is 16.5. The summed E-state index contributed by atoms with van der Waals surface area (Å²) >= 11 is 0. The number of nitrogens with one attached hydrogen (secondary N) is 1. The fraction of sp³-hybridized carbons (Fsp3) is 0.100. The molecule has 1 N–H and O–H groups in total. The number of nitrogens with zero attached hydrogens (tertiary/aromatic N) is 1. The van der Waals surface area contributed by atoms with Gasteiger partial charge in [0, 0.05) is 18.0 Å². The van der Waals surface area contributed by atoms with E-state index in [9.17, 15) is 9.59 Å². The van der Waals surface area contributed by atoms with E-state index in [0.717, 1.165) is 11.3 Å². The van der Waals surface area contributed by atoms with Crippen LogP contribution >= 0.6 is 0 Å². The van der Waals surface area contributed by atoms with Crippen LogP contribution < -0.4 is 15.6 Å². The van der Waals surface area contributed by atoms with Crippen molar-refractivity contribution in [2.45, 2.75) is 13.5 Å². The summed E-state index contributed by atoms with van der Waals surface area (Å²) in [4.78, 5) is 23.9. The summed E-state index contributed by atoms with van der Waals surface area (Å²) in [5, 5.41) is 2.77. The molecular formula is C20H18N2O3. The van der Waals surface area contributed by atoms with Crippen molar-refractivity contribution in [3.8, 4) is 11.5 Å². The van der Waals surface area contributed by atoms with E-state index in [1.54, 1.807) is 36.5 Å². The monoisotopic (exact) mass is 334 g/mol. The molecule has 0 aliphatic heterocycles. The van der Waals surface area contributed by atoms with Crippen molar-refractivity contribution in [3.05, 3.63) is 88.8 Å². The molecule has 0 spiro atoms. The van der Waals surface area contributed by atoms with Crippen molar-refractivity contribution in [1.29, 1.82) is 0 Å². The third-order valence-corrected chi connectivity index (χ3v) is 3.58. The van der Waals surface area contributed by atoms with Gasteiger partial charge in [-0.1, -0.05) is 18.2 Å². The van der Waals surface area contributed by atoms with Gasteiger partial charge in [-0.2, -0.15) is 0 Å². The van der Waals surface area contributed by atoms with E-state index in [-0.39, 0.29) is 18.0 Å². The number of pyridine rings is 1. The molecule has 0 unspecified atom stereocenters. The maximum Gasteiger partial charge on any atom is 0.251 e. The summed E-state index contributed by atoms with van der Waals surface area (Å²) in [7, 11) is 0. The zero-order valence-corrected chi connectivity index (χ0v) is 13.8. The van der Waals surface area contributed by atoms with Crippen LogP contribution in [0.1, 0.15) is 5.56 Å². The largest absolute Gasteiger partial charge is 0.457 e. The fourth-order valence-electron chi connectivity index (χ4n) is 2.32. The third-order valence-electron chi connectivity index (χ3n) is 3.58. The predicted molar refractivity (Wildman–Crippen MR) is 97.0 cm³/mol. The van der Waals surface area contributed by atoms with Crippen LogP contribution in [-0.2, 0) is 11.3 Å². The van der Waals surface area contributed by atoms with Crippen molar-refractivity contribution < 1.29 is 9.53 Å². The molecule has 2 aromatic carbocycles. The number of rotatable bonds is 5. The minimum absolute atomic E-state index is 0.0264. The van der Waals surface area contributed by atoms with Crippen LogP contribution in [0, 0.1) is 6.92 Å². The zero-order valence-electron chi connectivity index (χ0n) is 13.8. The standard InChI is InChI=1S/C20H18N2O3/c1-15-11-12-22(20(24)13-15)14-19(23)21-16-7-9-18(10-8-16)25-17-5-3-2-4-6-17/h2-13H,14H2,1H3,(H,21,23). The van der Waals surface area contributed by atoms with Crippen LogP contribution in [0.2, 0.25) is 0 Å². The maximum absolute atomic E-state index is 12.1. The number of aryl methyl sites for hydroxylation is 1. The van der Waals surface area contributed by atoms with Crippen LogP contribution in [0.5, 0.6) is 11.5 Å². The first-order valence-electron chi connectivity index (χ1n) is 7.90. The molecule has 0 radical (unpaired) electrons. The zero-order chi connectivity index (χ0) is 17.6. The highest BCUT2D eigenvalue weighted by Crippen LogP contribution is 2.22. The van der Waals surface area contributed by atoms with Gasteiger partial charge in [-0.25, -0.2) is 0 Å². The van der Waals surface area contributed by atoms with Gasteiger partial charge >= 0.3 is 0 Å². The van der Waals surface area contributed by atoms with Gasteiger partial charge in [0.1, 0.15) is 18.0 Å². The first-order chi connectivity index (χ1) is 12.1. The second-order valence-electron chi connectivity index (χ2n) is 5.66. The SMILES string of the molecule is Cc1ccn(CC(=O)Nc2ccc(Oc3ccccc3)cc2)c(=O)c1. The molecule has 25 heavy (non-hydrogen) atoms. The molecule has 126 valence electrons. The highest BCUT2D eigenvalue weighted by atomic mass is 16.5. The summed E-state index contributed by atoms with van der Waals surface area (Å²) in [6, 6.07) is 19.8. The smallest absolute Gasteiger partial charge is 0.251 e. The molecule has 0 aliphatic rings. The van der Waals surface area contributed by atoms with Gasteiger partial charge < -0.3 is 14.6 Å². The summed E-state index contributed by atoms with van der Waals surface area (Å²) in [6.45, 7) is 1.81. The lowest BCUT2D eigenvalue weighted by Gasteiger charge is -2.09. The minimum atomic E-state index is -0.261. The molecule has 1 heterocycles. The molecule has 0 bridgehead atoms. The normalized spacial score (nSPS) is 10.3. The number of hydrogen-bond acceptors (Lipinski definition) is 3. The van der Waals surface area contributed by atoms with Crippen molar-refractivity contribution in [3.63, 3.8) is 0 Å². The van der Waals surface area contributed by atoms with Gasteiger partial charge in [0.25, 0.3) is 5.56 Å². The van der Waals surface area contributed by atoms with Crippen LogP contribution in [-0.4, -0.2) is 10.5 Å². The van der Waals surface area contributed by atoms with Gasteiger partial charge in [-0.15, -0.1) is 0 Å². The Balaban J connectivity index is 1.61. The van der Waals surface area contributed by atoms with Crippen molar-refractivity contribution in [1.82, 2.24) is 4.57 Å². The Morgan fingerprint density at radius 2 is 1.68 bits per heavy atom. The molecule has 0 atom stereocenters. The van der Waals surface area contributed by atoms with Crippen molar-refractivity contribution in [2.75, 3.05) is 5.32 Å². The Labute approximate surface area is 145 Å². The molecule has 1 aromatic heterocycles. The van der Waals surface area contributed by atoms with E-state index in [1.165, 1.54) is 10.6 Å². The van der Waals surface area contributed by atoms with Crippen molar-refractivity contribution in [2.24, 2.45) is 0 Å². The summed E-state index contributed by atoms with van der Waals surface area (Å²) in [5.74, 6) is 1.17. The lowest BCUT2D eigenvalue weighted by Crippen LogP contribution is -2.26. The number of benzene rings is 2. The van der Waals surface area contributed by atoms with Gasteiger partial charge in [0.05, 0.1) is 0 Å². The van der Waals surface area contributed by atoms with Gasteiger partial charge in [-0.05, 0) is 55.0 Å². The summed E-state index contributed by atoms with van der Waals surface area (Å²) in [6.07, 6.45) is 1.62. The molecule has 0 aliphatic carbocycles. The van der Waals surface area contributed by atoms with Gasteiger partial charge in [0.15, 0.2) is 0 Å². The van der Waals surface area contributed by atoms with E-state index in [0.29, 0.717) is 11.4 Å². The molecule has 5 nitrogen and oxygen atoms in total. The van der Waals surface area contributed by atoms with Gasteiger partial charge in [-0.3, -0.25) is 9.59 Å². The molecule has 0 fully saturated rings. The number of carbonyl (C=O) groups excluding carboxylic acids is 1. The van der Waals surface area contributed by atoms with Crippen LogP contribution in [0.15, 0.2) is 77.7 Å². The van der Waals surface area contributed by atoms with Crippen LogP contribution in [0.3, 0.4) is 0 Å². The third kappa shape index (κ3) is 4.57. The second-order valence-corrected chi connectivity index (χ2v) is 5.66. The lowest BCUT2D eigenvalue weighted by atomic mass is 10.3. The number of carbonyl (C=O) groups is 1. The van der Waals surface area contributed by atoms with E-state index in [1.807, 2.05) is 37.3 Å². The minimum Gasteiger partial charge on any atom is -0.457 e.